The van der Waals surface area contributed by atoms with Gasteiger partial charge in [0, 0.05) is 0 Å². The lowest BCUT2D eigenvalue weighted by Gasteiger charge is -2.11. The van der Waals surface area contributed by atoms with Crippen LogP contribution >= 0.6 is 0 Å². The fourth-order valence-electron chi connectivity index (χ4n) is 1.75. The Balaban J connectivity index is 2.46. The molecule has 1 nitrogen and oxygen atoms in total. The van der Waals surface area contributed by atoms with Crippen molar-refractivity contribution in [2.24, 2.45) is 0 Å². The van der Waals surface area contributed by atoms with E-state index in [0.29, 0.717) is 11.1 Å². The summed E-state index contributed by atoms with van der Waals surface area (Å²) in [6.45, 7) is 3.89. The average molecular weight is 224 g/mol. The molecule has 2 heteroatoms. The van der Waals surface area contributed by atoms with Crippen molar-refractivity contribution >= 4 is 0 Å². The largest absolute Gasteiger partial charge is 0.388 e. The second kappa shape index (κ2) is 6.64. The van der Waals surface area contributed by atoms with Gasteiger partial charge in [-0.15, -0.1) is 0 Å². The first-order valence-corrected chi connectivity index (χ1v) is 6.09. The second-order valence-corrected chi connectivity index (χ2v) is 4.37. The van der Waals surface area contributed by atoms with Gasteiger partial charge < -0.3 is 5.11 Å². The number of unbranched alkanes of at least 4 members (excludes halogenated alkanes) is 3. The van der Waals surface area contributed by atoms with E-state index in [0.717, 1.165) is 19.3 Å². The zero-order chi connectivity index (χ0) is 12.0. The molecule has 0 aliphatic carbocycles. The van der Waals surface area contributed by atoms with Crippen molar-refractivity contribution < 1.29 is 9.50 Å². The maximum atomic E-state index is 13.3. The summed E-state index contributed by atoms with van der Waals surface area (Å²) in [6.07, 6.45) is 4.74. The van der Waals surface area contributed by atoms with Crippen LogP contribution in [0.4, 0.5) is 4.39 Å². The van der Waals surface area contributed by atoms with Crippen LogP contribution in [0.2, 0.25) is 0 Å². The van der Waals surface area contributed by atoms with E-state index >= 15 is 0 Å². The molecular weight excluding hydrogens is 203 g/mol. The van der Waals surface area contributed by atoms with Gasteiger partial charge in [0.15, 0.2) is 0 Å². The van der Waals surface area contributed by atoms with Gasteiger partial charge in [-0.1, -0.05) is 44.7 Å². The SMILES string of the molecule is CCCCCCC(O)c1ccc(C)c(F)c1. The van der Waals surface area contributed by atoms with Gasteiger partial charge in [0.05, 0.1) is 6.10 Å². The number of hydrogen-bond donors (Lipinski definition) is 1. The fraction of sp³-hybridized carbons (Fsp3) is 0.571. The zero-order valence-corrected chi connectivity index (χ0v) is 10.2. The Hall–Kier alpha value is -0.890. The monoisotopic (exact) mass is 224 g/mol. The molecule has 1 rings (SSSR count). The Labute approximate surface area is 97.3 Å². The predicted octanol–water partition coefficient (Wildman–Crippen LogP) is 4.14. The molecule has 0 spiro atoms. The molecule has 90 valence electrons. The van der Waals surface area contributed by atoms with Crippen molar-refractivity contribution in [2.75, 3.05) is 0 Å². The third-order valence-electron chi connectivity index (χ3n) is 2.91. The van der Waals surface area contributed by atoms with E-state index in [9.17, 15) is 9.50 Å². The molecule has 0 heterocycles. The molecule has 0 saturated heterocycles. The van der Waals surface area contributed by atoms with Crippen molar-refractivity contribution in [3.05, 3.63) is 35.1 Å². The minimum Gasteiger partial charge on any atom is -0.388 e. The van der Waals surface area contributed by atoms with Gasteiger partial charge in [-0.3, -0.25) is 0 Å². The van der Waals surface area contributed by atoms with Crippen LogP contribution in [-0.2, 0) is 0 Å². The molecule has 0 aromatic heterocycles. The van der Waals surface area contributed by atoms with E-state index in [-0.39, 0.29) is 5.82 Å². The van der Waals surface area contributed by atoms with Crippen LogP contribution in [0.3, 0.4) is 0 Å². The molecule has 1 atom stereocenters. The molecule has 0 saturated carbocycles. The first-order chi connectivity index (χ1) is 7.65. The van der Waals surface area contributed by atoms with Crippen molar-refractivity contribution in [1.82, 2.24) is 0 Å². The highest BCUT2D eigenvalue weighted by molar-refractivity contribution is 5.24. The van der Waals surface area contributed by atoms with Crippen molar-refractivity contribution in [1.29, 1.82) is 0 Å². The molecule has 0 radical (unpaired) electrons. The quantitative estimate of drug-likeness (QED) is 0.720. The van der Waals surface area contributed by atoms with Crippen LogP contribution in [0.15, 0.2) is 18.2 Å². The van der Waals surface area contributed by atoms with Gasteiger partial charge in [0.1, 0.15) is 5.82 Å². The summed E-state index contributed by atoms with van der Waals surface area (Å²) < 4.78 is 13.3. The minimum atomic E-state index is -0.521. The molecule has 16 heavy (non-hydrogen) atoms. The Morgan fingerprint density at radius 2 is 2.00 bits per heavy atom. The fourth-order valence-corrected chi connectivity index (χ4v) is 1.75. The lowest BCUT2D eigenvalue weighted by Crippen LogP contribution is -1.98. The molecule has 1 N–H and O–H groups in total. The van der Waals surface area contributed by atoms with E-state index in [1.165, 1.54) is 18.9 Å². The molecule has 0 bridgehead atoms. The number of aliphatic hydroxyl groups excluding tert-OH is 1. The lowest BCUT2D eigenvalue weighted by molar-refractivity contribution is 0.163. The third kappa shape index (κ3) is 3.93. The summed E-state index contributed by atoms with van der Waals surface area (Å²) in [6, 6.07) is 4.97. The van der Waals surface area contributed by atoms with Gasteiger partial charge in [-0.2, -0.15) is 0 Å². The first-order valence-electron chi connectivity index (χ1n) is 6.09. The Bertz CT molecular complexity index is 323. The predicted molar refractivity (Wildman–Crippen MR) is 64.9 cm³/mol. The van der Waals surface area contributed by atoms with Crippen molar-refractivity contribution in [3.63, 3.8) is 0 Å². The van der Waals surface area contributed by atoms with Crippen molar-refractivity contribution in [2.45, 2.75) is 52.1 Å². The number of halogens is 1. The number of hydrogen-bond acceptors (Lipinski definition) is 1. The Kier molecular flexibility index (Phi) is 5.47. The third-order valence-corrected chi connectivity index (χ3v) is 2.91. The van der Waals surface area contributed by atoms with Crippen LogP contribution in [0.1, 0.15) is 56.3 Å². The van der Waals surface area contributed by atoms with Gasteiger partial charge in [-0.05, 0) is 30.5 Å². The zero-order valence-electron chi connectivity index (χ0n) is 10.2. The molecular formula is C14H21FO. The molecule has 0 amide bonds. The lowest BCUT2D eigenvalue weighted by atomic mass is 10.0. The summed E-state index contributed by atoms with van der Waals surface area (Å²) >= 11 is 0. The van der Waals surface area contributed by atoms with Gasteiger partial charge >= 0.3 is 0 Å². The molecule has 1 aromatic rings. The summed E-state index contributed by atoms with van der Waals surface area (Å²) in [5.41, 5.74) is 1.32. The van der Waals surface area contributed by atoms with Crippen LogP contribution < -0.4 is 0 Å². The van der Waals surface area contributed by atoms with Crippen LogP contribution in [0.5, 0.6) is 0 Å². The molecule has 1 unspecified atom stereocenters. The van der Waals surface area contributed by atoms with Crippen LogP contribution in [-0.4, -0.2) is 5.11 Å². The molecule has 0 aliphatic rings. The van der Waals surface area contributed by atoms with Gasteiger partial charge in [-0.25, -0.2) is 4.39 Å². The van der Waals surface area contributed by atoms with E-state index in [1.807, 2.05) is 6.07 Å². The number of aliphatic hydroxyl groups is 1. The summed E-state index contributed by atoms with van der Waals surface area (Å²) in [5, 5.41) is 9.87. The van der Waals surface area contributed by atoms with Gasteiger partial charge in [0.2, 0.25) is 0 Å². The smallest absolute Gasteiger partial charge is 0.126 e. The normalized spacial score (nSPS) is 12.8. The molecule has 1 aromatic carbocycles. The highest BCUT2D eigenvalue weighted by atomic mass is 19.1. The summed E-state index contributed by atoms with van der Waals surface area (Å²) in [4.78, 5) is 0. The van der Waals surface area contributed by atoms with E-state index in [1.54, 1.807) is 13.0 Å². The standard InChI is InChI=1S/C14H21FO/c1-3-4-5-6-7-14(16)12-9-8-11(2)13(15)10-12/h8-10,14,16H,3-7H2,1-2H3. The molecule has 0 aliphatic heterocycles. The van der Waals surface area contributed by atoms with Crippen LogP contribution in [0, 0.1) is 12.7 Å². The Morgan fingerprint density at radius 1 is 1.25 bits per heavy atom. The summed E-state index contributed by atoms with van der Waals surface area (Å²) in [7, 11) is 0. The maximum absolute atomic E-state index is 13.3. The average Bonchev–Trinajstić information content (AvgIpc) is 2.28. The minimum absolute atomic E-state index is 0.231. The first kappa shape index (κ1) is 13.2. The summed E-state index contributed by atoms with van der Waals surface area (Å²) in [5.74, 6) is -0.231. The number of rotatable bonds is 6. The Morgan fingerprint density at radius 3 is 2.62 bits per heavy atom. The highest BCUT2D eigenvalue weighted by Gasteiger charge is 2.08. The van der Waals surface area contributed by atoms with E-state index in [4.69, 9.17) is 0 Å². The molecule has 0 fully saturated rings. The second-order valence-electron chi connectivity index (χ2n) is 4.37. The maximum Gasteiger partial charge on any atom is 0.126 e. The van der Waals surface area contributed by atoms with Gasteiger partial charge in [0.25, 0.3) is 0 Å². The van der Waals surface area contributed by atoms with E-state index in [2.05, 4.69) is 6.92 Å². The van der Waals surface area contributed by atoms with Crippen molar-refractivity contribution in [3.8, 4) is 0 Å². The topological polar surface area (TPSA) is 20.2 Å². The number of aryl methyl sites for hydroxylation is 1. The highest BCUT2D eigenvalue weighted by Crippen LogP contribution is 2.21. The number of benzene rings is 1. The van der Waals surface area contributed by atoms with E-state index < -0.39 is 6.10 Å². The van der Waals surface area contributed by atoms with Crippen LogP contribution in [0.25, 0.3) is 0 Å².